The van der Waals surface area contributed by atoms with Gasteiger partial charge in [-0.2, -0.15) is 18.3 Å². The Morgan fingerprint density at radius 3 is 2.17 bits per heavy atom. The van der Waals surface area contributed by atoms with Crippen molar-refractivity contribution in [2.45, 2.75) is 58.4 Å². The summed E-state index contributed by atoms with van der Waals surface area (Å²) in [4.78, 5) is 0. The van der Waals surface area contributed by atoms with E-state index in [-0.39, 0.29) is 17.7 Å². The third kappa shape index (κ3) is 3.30. The van der Waals surface area contributed by atoms with Crippen LogP contribution in [0, 0.1) is 0 Å². The van der Waals surface area contributed by atoms with E-state index in [1.807, 2.05) is 0 Å². The fourth-order valence-corrected chi connectivity index (χ4v) is 2.19. The number of nitrogens with zero attached hydrogens (tertiary/aromatic N) is 1. The molecule has 128 valence electrons. The Labute approximate surface area is 132 Å². The molecule has 0 aromatic carbocycles. The molecule has 1 N–H and O–H groups in total. The van der Waals surface area contributed by atoms with Crippen molar-refractivity contribution in [3.8, 4) is 0 Å². The predicted molar refractivity (Wildman–Crippen MR) is 78.1 cm³/mol. The molecule has 1 aliphatic rings. The molecule has 1 aliphatic heterocycles. The number of nitrogens with one attached hydrogen (secondary N) is 1. The lowest BCUT2D eigenvalue weighted by atomic mass is 9.86. The van der Waals surface area contributed by atoms with Crippen molar-refractivity contribution in [3.63, 3.8) is 0 Å². The summed E-state index contributed by atoms with van der Waals surface area (Å²) in [6.45, 7) is 8.58. The van der Waals surface area contributed by atoms with Crippen molar-refractivity contribution in [2.75, 3.05) is 0 Å². The van der Waals surface area contributed by atoms with Crippen LogP contribution in [0.5, 0.6) is 0 Å². The van der Waals surface area contributed by atoms with E-state index in [0.29, 0.717) is 0 Å². The van der Waals surface area contributed by atoms with Crippen molar-refractivity contribution >= 4 is 13.2 Å². The van der Waals surface area contributed by atoms with Gasteiger partial charge < -0.3 is 9.31 Å². The Morgan fingerprint density at radius 1 is 1.22 bits per heavy atom. The second-order valence-electron chi connectivity index (χ2n) is 6.43. The Morgan fingerprint density at radius 2 is 1.74 bits per heavy atom. The van der Waals surface area contributed by atoms with Crippen molar-refractivity contribution in [1.82, 2.24) is 10.2 Å². The number of alkyl halides is 3. The van der Waals surface area contributed by atoms with Crippen LogP contribution in [-0.4, -0.2) is 28.5 Å². The second kappa shape index (κ2) is 5.63. The molecule has 2 heterocycles. The molecule has 0 amide bonds. The maximum Gasteiger partial charge on any atom is 0.525 e. The number of H-pyrrole nitrogens is 1. The molecule has 0 atom stereocenters. The molecule has 2 rings (SSSR count). The molecule has 0 saturated carbocycles. The fourth-order valence-electron chi connectivity index (χ4n) is 2.19. The van der Waals surface area contributed by atoms with Gasteiger partial charge in [0.25, 0.3) is 0 Å². The minimum Gasteiger partial charge on any atom is -0.398 e. The quantitative estimate of drug-likeness (QED) is 0.673. The Bertz CT molecular complexity index is 607. The smallest absolute Gasteiger partial charge is 0.398 e. The number of aryl methyl sites for hydroxylation is 1. The van der Waals surface area contributed by atoms with Gasteiger partial charge in [-0.25, -0.2) is 4.39 Å². The molecule has 0 spiro atoms. The fraction of sp³-hybridized carbons (Fsp3) is 0.643. The maximum absolute atomic E-state index is 14.4. The summed E-state index contributed by atoms with van der Waals surface area (Å²) in [7, 11) is -1.35. The molecule has 1 aromatic heterocycles. The largest absolute Gasteiger partial charge is 0.525 e. The summed E-state index contributed by atoms with van der Waals surface area (Å²) in [6.07, 6.45) is -3.63. The standard InChI is InChI=1S/C14H19BF4N2O2/c1-6-9-8(11(21-20-9)14(17,18)19)7-10(16)15-22-12(2,3)13(4,5)23-15/h7H,6H2,1-5H3,(H,20,21). The summed E-state index contributed by atoms with van der Waals surface area (Å²) in [5.74, 6) is 0. The summed E-state index contributed by atoms with van der Waals surface area (Å²) < 4.78 is 64.4. The molecule has 1 saturated heterocycles. The van der Waals surface area contributed by atoms with Gasteiger partial charge in [-0.05, 0) is 40.2 Å². The maximum atomic E-state index is 14.4. The number of aromatic amines is 1. The average molecular weight is 334 g/mol. The van der Waals surface area contributed by atoms with Gasteiger partial charge in [0, 0.05) is 11.3 Å². The molecule has 23 heavy (non-hydrogen) atoms. The van der Waals surface area contributed by atoms with E-state index in [4.69, 9.17) is 9.31 Å². The molecular weight excluding hydrogens is 315 g/mol. The molecule has 0 unspecified atom stereocenters. The first-order valence-corrected chi connectivity index (χ1v) is 7.26. The first kappa shape index (κ1) is 18.0. The molecule has 0 radical (unpaired) electrons. The Hall–Kier alpha value is -1.35. The van der Waals surface area contributed by atoms with E-state index in [9.17, 15) is 17.6 Å². The van der Waals surface area contributed by atoms with Gasteiger partial charge in [-0.15, -0.1) is 0 Å². The second-order valence-corrected chi connectivity index (χ2v) is 6.43. The third-order valence-corrected chi connectivity index (χ3v) is 4.27. The molecule has 4 nitrogen and oxygen atoms in total. The summed E-state index contributed by atoms with van der Waals surface area (Å²) in [5, 5.41) is 5.55. The molecular formula is C14H19BF4N2O2. The zero-order chi connectivity index (χ0) is 17.6. The lowest BCUT2D eigenvalue weighted by Gasteiger charge is -2.32. The van der Waals surface area contributed by atoms with Crippen LogP contribution in [0.1, 0.15) is 51.6 Å². The van der Waals surface area contributed by atoms with Crippen LogP contribution in [0.15, 0.2) is 5.73 Å². The number of hydrogen-bond donors (Lipinski definition) is 1. The normalized spacial score (nSPS) is 21.1. The highest BCUT2D eigenvalue weighted by atomic mass is 19.4. The minimum atomic E-state index is -4.67. The highest BCUT2D eigenvalue weighted by Crippen LogP contribution is 2.40. The lowest BCUT2D eigenvalue weighted by Crippen LogP contribution is -2.41. The van der Waals surface area contributed by atoms with Gasteiger partial charge in [-0.1, -0.05) is 6.92 Å². The molecule has 1 aromatic rings. The van der Waals surface area contributed by atoms with Crippen LogP contribution in [-0.2, 0) is 21.9 Å². The molecule has 0 aliphatic carbocycles. The van der Waals surface area contributed by atoms with Crippen molar-refractivity contribution in [2.24, 2.45) is 0 Å². The SMILES string of the molecule is CCc1[nH]nc(C(F)(F)F)c1C=C(F)B1OC(C)(C)C(C)(C)O1. The molecule has 9 heteroatoms. The highest BCUT2D eigenvalue weighted by molar-refractivity contribution is 6.54. The van der Waals surface area contributed by atoms with E-state index >= 15 is 0 Å². The van der Waals surface area contributed by atoms with E-state index in [1.165, 1.54) is 0 Å². The van der Waals surface area contributed by atoms with Crippen LogP contribution in [0.4, 0.5) is 17.6 Å². The van der Waals surface area contributed by atoms with Crippen LogP contribution < -0.4 is 0 Å². The zero-order valence-corrected chi connectivity index (χ0v) is 13.6. The lowest BCUT2D eigenvalue weighted by molar-refractivity contribution is -0.141. The third-order valence-electron chi connectivity index (χ3n) is 4.27. The van der Waals surface area contributed by atoms with E-state index < -0.39 is 35.9 Å². The number of rotatable bonds is 3. The van der Waals surface area contributed by atoms with Gasteiger partial charge in [-0.3, -0.25) is 5.10 Å². The Balaban J connectivity index is 2.38. The highest BCUT2D eigenvalue weighted by Gasteiger charge is 2.53. The average Bonchev–Trinajstić information content (AvgIpc) is 2.88. The number of hydrogen-bond acceptors (Lipinski definition) is 3. The number of halogens is 4. The van der Waals surface area contributed by atoms with Gasteiger partial charge in [0.2, 0.25) is 0 Å². The van der Waals surface area contributed by atoms with Crippen molar-refractivity contribution in [3.05, 3.63) is 22.7 Å². The first-order chi connectivity index (χ1) is 10.4. The van der Waals surface area contributed by atoms with E-state index in [0.717, 1.165) is 6.08 Å². The van der Waals surface area contributed by atoms with Gasteiger partial charge >= 0.3 is 13.3 Å². The molecule has 1 fully saturated rings. The monoisotopic (exact) mass is 334 g/mol. The van der Waals surface area contributed by atoms with E-state index in [2.05, 4.69) is 10.2 Å². The van der Waals surface area contributed by atoms with Gasteiger partial charge in [0.1, 0.15) is 5.73 Å². The van der Waals surface area contributed by atoms with Crippen LogP contribution >= 0.6 is 0 Å². The first-order valence-electron chi connectivity index (χ1n) is 7.26. The van der Waals surface area contributed by atoms with Crippen molar-refractivity contribution in [1.29, 1.82) is 0 Å². The van der Waals surface area contributed by atoms with Crippen LogP contribution in [0.2, 0.25) is 0 Å². The summed E-state index contributed by atoms with van der Waals surface area (Å²) in [6, 6.07) is 0. The zero-order valence-electron chi connectivity index (χ0n) is 13.6. The predicted octanol–water partition coefficient (Wildman–Crippen LogP) is 3.93. The Kier molecular flexibility index (Phi) is 4.40. The minimum absolute atomic E-state index is 0.198. The number of aromatic nitrogens is 2. The molecule has 0 bridgehead atoms. The summed E-state index contributed by atoms with van der Waals surface area (Å²) >= 11 is 0. The van der Waals surface area contributed by atoms with Gasteiger partial charge in [0.15, 0.2) is 5.69 Å². The summed E-state index contributed by atoms with van der Waals surface area (Å²) in [5.41, 5.74) is -3.76. The van der Waals surface area contributed by atoms with Crippen LogP contribution in [0.3, 0.4) is 0 Å². The van der Waals surface area contributed by atoms with Crippen molar-refractivity contribution < 1.29 is 26.9 Å². The van der Waals surface area contributed by atoms with Gasteiger partial charge in [0.05, 0.1) is 11.2 Å². The van der Waals surface area contributed by atoms with E-state index in [1.54, 1.807) is 34.6 Å². The van der Waals surface area contributed by atoms with Crippen LogP contribution in [0.25, 0.3) is 6.08 Å². The topological polar surface area (TPSA) is 47.1 Å².